The van der Waals surface area contributed by atoms with Crippen LogP contribution in [0.2, 0.25) is 0 Å². The van der Waals surface area contributed by atoms with E-state index in [0.29, 0.717) is 12.8 Å². The summed E-state index contributed by atoms with van der Waals surface area (Å²) in [6.07, 6.45) is 0.336. The minimum Gasteiger partial charge on any atom is -0.333 e. The van der Waals surface area contributed by atoms with Crippen molar-refractivity contribution < 1.29 is 18.0 Å². The maximum Gasteiger partial charge on any atom is 0.406 e. The van der Waals surface area contributed by atoms with E-state index in [1.54, 1.807) is 6.92 Å². The number of carbonyl (C=O) groups is 1. The third-order valence-corrected chi connectivity index (χ3v) is 3.56. The molecule has 0 spiro atoms. The highest BCUT2D eigenvalue weighted by Gasteiger charge is 2.36. The Kier molecular flexibility index (Phi) is 6.10. The predicted octanol–water partition coefficient (Wildman–Crippen LogP) is 2.69. The summed E-state index contributed by atoms with van der Waals surface area (Å²) in [5.41, 5.74) is 5.95. The lowest BCUT2D eigenvalue weighted by Crippen LogP contribution is -2.47. The Hall–Kier alpha value is -0.780. The van der Waals surface area contributed by atoms with E-state index in [0.717, 1.165) is 30.6 Å². The first-order chi connectivity index (χ1) is 8.85. The quantitative estimate of drug-likeness (QED) is 0.805. The van der Waals surface area contributed by atoms with Crippen molar-refractivity contribution in [2.75, 3.05) is 13.1 Å². The van der Waals surface area contributed by atoms with Crippen LogP contribution in [0.4, 0.5) is 13.2 Å². The van der Waals surface area contributed by atoms with Crippen LogP contribution in [-0.4, -0.2) is 36.1 Å². The highest BCUT2D eigenvalue weighted by Crippen LogP contribution is 2.26. The van der Waals surface area contributed by atoms with E-state index in [2.05, 4.69) is 0 Å². The molecule has 0 saturated heterocycles. The predicted molar refractivity (Wildman–Crippen MR) is 67.5 cm³/mol. The van der Waals surface area contributed by atoms with Crippen molar-refractivity contribution in [1.82, 2.24) is 4.90 Å². The summed E-state index contributed by atoms with van der Waals surface area (Å²) >= 11 is 0. The van der Waals surface area contributed by atoms with Crippen LogP contribution >= 0.6 is 0 Å². The van der Waals surface area contributed by atoms with Crippen LogP contribution in [0.3, 0.4) is 0 Å². The van der Waals surface area contributed by atoms with Crippen LogP contribution in [0.15, 0.2) is 0 Å². The summed E-state index contributed by atoms with van der Waals surface area (Å²) in [4.78, 5) is 13.2. The SMILES string of the molecule is CCCN(CC(F)(F)F)C(=O)C1CCCCCC1N. The number of hydrogen-bond acceptors (Lipinski definition) is 2. The molecule has 2 atom stereocenters. The van der Waals surface area contributed by atoms with E-state index in [9.17, 15) is 18.0 Å². The van der Waals surface area contributed by atoms with Gasteiger partial charge in [-0.15, -0.1) is 0 Å². The zero-order valence-electron chi connectivity index (χ0n) is 11.4. The van der Waals surface area contributed by atoms with Crippen molar-refractivity contribution >= 4 is 5.91 Å². The Morgan fingerprint density at radius 2 is 1.89 bits per heavy atom. The smallest absolute Gasteiger partial charge is 0.333 e. The summed E-state index contributed by atoms with van der Waals surface area (Å²) in [7, 11) is 0. The highest BCUT2D eigenvalue weighted by molar-refractivity contribution is 5.79. The first kappa shape index (κ1) is 16.3. The molecular formula is C13H23F3N2O. The normalized spacial score (nSPS) is 24.9. The maximum absolute atomic E-state index is 12.5. The number of carbonyl (C=O) groups excluding carboxylic acids is 1. The molecule has 0 aromatic carbocycles. The molecule has 0 aliphatic heterocycles. The summed E-state index contributed by atoms with van der Waals surface area (Å²) in [6, 6.07) is -0.303. The van der Waals surface area contributed by atoms with E-state index in [-0.39, 0.29) is 12.6 Å². The Labute approximate surface area is 112 Å². The standard InChI is InChI=1S/C13H23F3N2O/c1-2-8-18(9-13(14,15)16)12(19)10-6-4-3-5-7-11(10)17/h10-11H,2-9,17H2,1H3. The molecule has 3 nitrogen and oxygen atoms in total. The topological polar surface area (TPSA) is 46.3 Å². The van der Waals surface area contributed by atoms with Crippen molar-refractivity contribution in [2.45, 2.75) is 57.7 Å². The number of amides is 1. The number of nitrogens with zero attached hydrogens (tertiary/aromatic N) is 1. The van der Waals surface area contributed by atoms with Gasteiger partial charge < -0.3 is 10.6 Å². The minimum atomic E-state index is -4.35. The van der Waals surface area contributed by atoms with E-state index >= 15 is 0 Å². The second-order valence-corrected chi connectivity index (χ2v) is 5.28. The van der Waals surface area contributed by atoms with Crippen molar-refractivity contribution in [2.24, 2.45) is 11.7 Å². The fourth-order valence-corrected chi connectivity index (χ4v) is 2.63. The minimum absolute atomic E-state index is 0.140. The second-order valence-electron chi connectivity index (χ2n) is 5.28. The van der Waals surface area contributed by atoms with Crippen LogP contribution in [0.1, 0.15) is 45.4 Å². The van der Waals surface area contributed by atoms with E-state index in [4.69, 9.17) is 5.73 Å². The van der Waals surface area contributed by atoms with Gasteiger partial charge in [0.1, 0.15) is 6.54 Å². The van der Waals surface area contributed by atoms with Gasteiger partial charge in [0.15, 0.2) is 0 Å². The Morgan fingerprint density at radius 1 is 1.26 bits per heavy atom. The first-order valence-corrected chi connectivity index (χ1v) is 6.96. The molecule has 112 valence electrons. The van der Waals surface area contributed by atoms with Crippen molar-refractivity contribution in [3.63, 3.8) is 0 Å². The number of halogens is 3. The molecule has 0 aromatic rings. The van der Waals surface area contributed by atoms with Gasteiger partial charge in [-0.05, 0) is 19.3 Å². The van der Waals surface area contributed by atoms with E-state index in [1.807, 2.05) is 0 Å². The average molecular weight is 280 g/mol. The largest absolute Gasteiger partial charge is 0.406 e. The summed E-state index contributed by atoms with van der Waals surface area (Å²) in [5.74, 6) is -0.870. The van der Waals surface area contributed by atoms with Gasteiger partial charge >= 0.3 is 6.18 Å². The van der Waals surface area contributed by atoms with E-state index in [1.165, 1.54) is 0 Å². The first-order valence-electron chi connectivity index (χ1n) is 6.96. The molecule has 0 heterocycles. The molecule has 0 bridgehead atoms. The Balaban J connectivity index is 2.73. The lowest BCUT2D eigenvalue weighted by atomic mass is 9.94. The summed E-state index contributed by atoms with van der Waals surface area (Å²) < 4.78 is 37.5. The number of alkyl halides is 3. The molecular weight excluding hydrogens is 257 g/mol. The third kappa shape index (κ3) is 5.38. The van der Waals surface area contributed by atoms with Gasteiger partial charge in [-0.3, -0.25) is 4.79 Å². The average Bonchev–Trinajstić information content (AvgIpc) is 2.51. The molecule has 0 aromatic heterocycles. The lowest BCUT2D eigenvalue weighted by molar-refractivity contribution is -0.164. The molecule has 1 amide bonds. The molecule has 19 heavy (non-hydrogen) atoms. The van der Waals surface area contributed by atoms with Crippen LogP contribution in [0, 0.1) is 5.92 Å². The fourth-order valence-electron chi connectivity index (χ4n) is 2.63. The Bertz CT molecular complexity index is 294. The zero-order chi connectivity index (χ0) is 14.5. The van der Waals surface area contributed by atoms with Crippen molar-refractivity contribution in [3.05, 3.63) is 0 Å². The fraction of sp³-hybridized carbons (Fsp3) is 0.923. The molecule has 1 saturated carbocycles. The molecule has 2 unspecified atom stereocenters. The second kappa shape index (κ2) is 7.12. The highest BCUT2D eigenvalue weighted by atomic mass is 19.4. The zero-order valence-corrected chi connectivity index (χ0v) is 11.4. The van der Waals surface area contributed by atoms with Gasteiger partial charge in [-0.1, -0.05) is 26.2 Å². The van der Waals surface area contributed by atoms with Gasteiger partial charge in [-0.25, -0.2) is 0 Å². The monoisotopic (exact) mass is 280 g/mol. The molecule has 6 heteroatoms. The molecule has 1 aliphatic carbocycles. The number of hydrogen-bond donors (Lipinski definition) is 1. The van der Waals surface area contributed by atoms with Gasteiger partial charge in [0.05, 0.1) is 5.92 Å². The van der Waals surface area contributed by atoms with Crippen LogP contribution in [0.25, 0.3) is 0 Å². The number of nitrogens with two attached hydrogens (primary N) is 1. The van der Waals surface area contributed by atoms with Gasteiger partial charge in [0, 0.05) is 12.6 Å². The van der Waals surface area contributed by atoms with Crippen LogP contribution in [-0.2, 0) is 4.79 Å². The van der Waals surface area contributed by atoms with Crippen LogP contribution in [0.5, 0.6) is 0 Å². The van der Waals surface area contributed by atoms with Gasteiger partial charge in [-0.2, -0.15) is 13.2 Å². The maximum atomic E-state index is 12.5. The molecule has 1 fully saturated rings. The third-order valence-electron chi connectivity index (χ3n) is 3.56. The lowest BCUT2D eigenvalue weighted by Gasteiger charge is -2.29. The van der Waals surface area contributed by atoms with Gasteiger partial charge in [0.25, 0.3) is 0 Å². The van der Waals surface area contributed by atoms with Gasteiger partial charge in [0.2, 0.25) is 5.91 Å². The summed E-state index contributed by atoms with van der Waals surface area (Å²) in [5, 5.41) is 0. The molecule has 0 radical (unpaired) electrons. The molecule has 2 N–H and O–H groups in total. The molecule has 1 rings (SSSR count). The van der Waals surface area contributed by atoms with Crippen molar-refractivity contribution in [3.8, 4) is 0 Å². The van der Waals surface area contributed by atoms with E-state index < -0.39 is 24.5 Å². The van der Waals surface area contributed by atoms with Crippen LogP contribution < -0.4 is 5.73 Å². The number of rotatable bonds is 4. The molecule has 1 aliphatic rings. The Morgan fingerprint density at radius 3 is 2.47 bits per heavy atom. The van der Waals surface area contributed by atoms with Crippen molar-refractivity contribution in [1.29, 1.82) is 0 Å². The summed E-state index contributed by atoms with van der Waals surface area (Å²) in [6.45, 7) is 0.744.